The molecule has 2 nitrogen and oxygen atoms in total. The third kappa shape index (κ3) is 2.39. The van der Waals surface area contributed by atoms with Crippen molar-refractivity contribution < 1.29 is 0 Å². The minimum atomic E-state index is 0.240. The van der Waals surface area contributed by atoms with Gasteiger partial charge in [-0.2, -0.15) is 11.3 Å². The van der Waals surface area contributed by atoms with Crippen molar-refractivity contribution in [2.75, 3.05) is 6.54 Å². The van der Waals surface area contributed by atoms with Crippen LogP contribution in [0.4, 0.5) is 0 Å². The van der Waals surface area contributed by atoms with E-state index in [4.69, 9.17) is 0 Å². The Morgan fingerprint density at radius 1 is 1.21 bits per heavy atom. The van der Waals surface area contributed by atoms with Crippen molar-refractivity contribution in [3.05, 3.63) is 64.5 Å². The van der Waals surface area contributed by atoms with Crippen molar-refractivity contribution >= 4 is 22.2 Å². The third-order valence-electron chi connectivity index (χ3n) is 3.28. The molecule has 2 heterocycles. The van der Waals surface area contributed by atoms with E-state index in [9.17, 15) is 0 Å². The molecule has 19 heavy (non-hydrogen) atoms. The van der Waals surface area contributed by atoms with Gasteiger partial charge in [-0.1, -0.05) is 25.1 Å². The van der Waals surface area contributed by atoms with Crippen LogP contribution in [0.25, 0.3) is 10.9 Å². The maximum absolute atomic E-state index is 4.44. The molecule has 3 rings (SSSR count). The predicted octanol–water partition coefficient (Wildman–Crippen LogP) is 4.00. The van der Waals surface area contributed by atoms with Gasteiger partial charge in [0, 0.05) is 11.6 Å². The summed E-state index contributed by atoms with van der Waals surface area (Å²) in [7, 11) is 0. The fraction of sp³-hybridized carbons (Fsp3) is 0.188. The number of thiophene rings is 1. The number of hydrogen-bond acceptors (Lipinski definition) is 3. The normalized spacial score (nSPS) is 12.7. The molecule has 0 fully saturated rings. The standard InChI is InChI=1S/C16H16N2S/c1-2-17-16(12-8-10-19-11-12)14-5-3-7-15-13(14)6-4-9-18-15/h3-11,16-17H,2H2,1H3. The first-order chi connectivity index (χ1) is 9.40. The molecule has 0 radical (unpaired) electrons. The summed E-state index contributed by atoms with van der Waals surface area (Å²) in [5.41, 5.74) is 3.67. The van der Waals surface area contributed by atoms with Gasteiger partial charge in [0.05, 0.1) is 11.6 Å². The zero-order chi connectivity index (χ0) is 13.1. The van der Waals surface area contributed by atoms with Crippen LogP contribution in [0.5, 0.6) is 0 Å². The van der Waals surface area contributed by atoms with Crippen molar-refractivity contribution in [3.63, 3.8) is 0 Å². The largest absolute Gasteiger partial charge is 0.306 e. The van der Waals surface area contributed by atoms with E-state index in [1.165, 1.54) is 16.5 Å². The van der Waals surface area contributed by atoms with Crippen LogP contribution in [0, 0.1) is 0 Å². The minimum absolute atomic E-state index is 0.240. The number of nitrogens with one attached hydrogen (secondary N) is 1. The summed E-state index contributed by atoms with van der Waals surface area (Å²) in [6, 6.07) is 12.9. The first-order valence-corrected chi connectivity index (χ1v) is 7.43. The summed E-state index contributed by atoms with van der Waals surface area (Å²) in [5, 5.41) is 9.14. The van der Waals surface area contributed by atoms with Crippen molar-refractivity contribution in [2.45, 2.75) is 13.0 Å². The zero-order valence-corrected chi connectivity index (χ0v) is 11.7. The van der Waals surface area contributed by atoms with Crippen molar-refractivity contribution in [3.8, 4) is 0 Å². The van der Waals surface area contributed by atoms with E-state index in [-0.39, 0.29) is 6.04 Å². The van der Waals surface area contributed by atoms with Crippen LogP contribution in [-0.4, -0.2) is 11.5 Å². The number of fused-ring (bicyclic) bond motifs is 1. The number of benzene rings is 1. The molecule has 1 unspecified atom stereocenters. The fourth-order valence-corrected chi connectivity index (χ4v) is 3.12. The molecule has 0 bridgehead atoms. The Balaban J connectivity index is 2.15. The molecule has 0 aliphatic heterocycles. The summed E-state index contributed by atoms with van der Waals surface area (Å²) in [5.74, 6) is 0. The van der Waals surface area contributed by atoms with Gasteiger partial charge < -0.3 is 5.32 Å². The second-order valence-electron chi connectivity index (χ2n) is 4.46. The van der Waals surface area contributed by atoms with Gasteiger partial charge in [-0.25, -0.2) is 0 Å². The second kappa shape index (κ2) is 5.51. The SMILES string of the molecule is CCNC(c1ccsc1)c1cccc2ncccc12. The topological polar surface area (TPSA) is 24.9 Å². The van der Waals surface area contributed by atoms with E-state index in [2.05, 4.69) is 58.3 Å². The maximum atomic E-state index is 4.44. The molecular weight excluding hydrogens is 252 g/mol. The Bertz CT molecular complexity index is 656. The van der Waals surface area contributed by atoms with Gasteiger partial charge in [0.25, 0.3) is 0 Å². The summed E-state index contributed by atoms with van der Waals surface area (Å²) < 4.78 is 0. The van der Waals surface area contributed by atoms with Crippen LogP contribution >= 0.6 is 11.3 Å². The number of nitrogens with zero attached hydrogens (tertiary/aromatic N) is 1. The smallest absolute Gasteiger partial charge is 0.0705 e. The number of pyridine rings is 1. The van der Waals surface area contributed by atoms with Crippen LogP contribution in [-0.2, 0) is 0 Å². The van der Waals surface area contributed by atoms with E-state index in [1.54, 1.807) is 11.3 Å². The van der Waals surface area contributed by atoms with Gasteiger partial charge in [0.15, 0.2) is 0 Å². The quantitative estimate of drug-likeness (QED) is 0.773. The van der Waals surface area contributed by atoms with Gasteiger partial charge in [-0.05, 0) is 46.6 Å². The molecule has 2 aromatic heterocycles. The number of aromatic nitrogens is 1. The summed E-state index contributed by atoms with van der Waals surface area (Å²) >= 11 is 1.74. The van der Waals surface area contributed by atoms with E-state index in [0.717, 1.165) is 12.1 Å². The highest BCUT2D eigenvalue weighted by molar-refractivity contribution is 7.08. The molecule has 0 saturated carbocycles. The van der Waals surface area contributed by atoms with Crippen molar-refractivity contribution in [1.82, 2.24) is 10.3 Å². The van der Waals surface area contributed by atoms with Crippen LogP contribution in [0.2, 0.25) is 0 Å². The molecule has 96 valence electrons. The van der Waals surface area contributed by atoms with Gasteiger partial charge in [0.1, 0.15) is 0 Å². The minimum Gasteiger partial charge on any atom is -0.306 e. The highest BCUT2D eigenvalue weighted by Crippen LogP contribution is 2.29. The van der Waals surface area contributed by atoms with E-state index >= 15 is 0 Å². The van der Waals surface area contributed by atoms with Gasteiger partial charge in [0.2, 0.25) is 0 Å². The average Bonchev–Trinajstić information content (AvgIpc) is 2.98. The zero-order valence-electron chi connectivity index (χ0n) is 10.8. The molecule has 1 N–H and O–H groups in total. The molecule has 0 aliphatic carbocycles. The lowest BCUT2D eigenvalue weighted by atomic mass is 9.97. The first-order valence-electron chi connectivity index (χ1n) is 6.49. The van der Waals surface area contributed by atoms with Gasteiger partial charge in [-0.3, -0.25) is 4.98 Å². The lowest BCUT2D eigenvalue weighted by Crippen LogP contribution is -2.21. The summed E-state index contributed by atoms with van der Waals surface area (Å²) in [6.45, 7) is 3.08. The first kappa shape index (κ1) is 12.3. The molecule has 0 amide bonds. The molecule has 0 saturated heterocycles. The highest BCUT2D eigenvalue weighted by atomic mass is 32.1. The molecular formula is C16H16N2S. The second-order valence-corrected chi connectivity index (χ2v) is 5.24. The van der Waals surface area contributed by atoms with Gasteiger partial charge in [-0.15, -0.1) is 0 Å². The lowest BCUT2D eigenvalue weighted by molar-refractivity contribution is 0.636. The third-order valence-corrected chi connectivity index (χ3v) is 3.98. The highest BCUT2D eigenvalue weighted by Gasteiger charge is 2.15. The Labute approximate surface area is 117 Å². The van der Waals surface area contributed by atoms with Crippen LogP contribution in [0.15, 0.2) is 53.4 Å². The van der Waals surface area contributed by atoms with E-state index < -0.39 is 0 Å². The molecule has 3 heteroatoms. The Morgan fingerprint density at radius 2 is 2.16 bits per heavy atom. The molecule has 0 aliphatic rings. The number of rotatable bonds is 4. The van der Waals surface area contributed by atoms with Crippen LogP contribution in [0.3, 0.4) is 0 Å². The molecule has 1 aromatic carbocycles. The number of hydrogen-bond donors (Lipinski definition) is 1. The van der Waals surface area contributed by atoms with Crippen LogP contribution in [0.1, 0.15) is 24.1 Å². The van der Waals surface area contributed by atoms with E-state index in [0.29, 0.717) is 0 Å². The molecule has 1 atom stereocenters. The fourth-order valence-electron chi connectivity index (χ4n) is 2.43. The van der Waals surface area contributed by atoms with E-state index in [1.807, 2.05) is 12.3 Å². The Hall–Kier alpha value is -1.71. The average molecular weight is 268 g/mol. The van der Waals surface area contributed by atoms with Crippen molar-refractivity contribution in [1.29, 1.82) is 0 Å². The Kier molecular flexibility index (Phi) is 3.58. The maximum Gasteiger partial charge on any atom is 0.0705 e. The van der Waals surface area contributed by atoms with Gasteiger partial charge >= 0.3 is 0 Å². The molecule has 0 spiro atoms. The van der Waals surface area contributed by atoms with Crippen LogP contribution < -0.4 is 5.32 Å². The van der Waals surface area contributed by atoms with Crippen molar-refractivity contribution in [2.24, 2.45) is 0 Å². The lowest BCUT2D eigenvalue weighted by Gasteiger charge is -2.19. The monoisotopic (exact) mass is 268 g/mol. The summed E-state index contributed by atoms with van der Waals surface area (Å²) in [4.78, 5) is 4.44. The summed E-state index contributed by atoms with van der Waals surface area (Å²) in [6.07, 6.45) is 1.85. The molecule has 3 aromatic rings. The predicted molar refractivity (Wildman–Crippen MR) is 81.6 cm³/mol. The Morgan fingerprint density at radius 3 is 2.95 bits per heavy atom.